The van der Waals surface area contributed by atoms with E-state index in [4.69, 9.17) is 4.74 Å². The van der Waals surface area contributed by atoms with Gasteiger partial charge in [-0.05, 0) is 38.8 Å². The van der Waals surface area contributed by atoms with Gasteiger partial charge in [0.1, 0.15) is 11.2 Å². The third kappa shape index (κ3) is 6.24. The Balaban J connectivity index is 3.01. The van der Waals surface area contributed by atoms with Crippen molar-refractivity contribution in [3.8, 4) is 11.8 Å². The lowest BCUT2D eigenvalue weighted by molar-refractivity contribution is -0.149. The van der Waals surface area contributed by atoms with Crippen LogP contribution in [0.1, 0.15) is 46.1 Å². The van der Waals surface area contributed by atoms with Crippen molar-refractivity contribution in [3.63, 3.8) is 0 Å². The van der Waals surface area contributed by atoms with E-state index in [1.165, 1.54) is 0 Å². The van der Waals surface area contributed by atoms with Crippen molar-refractivity contribution in [1.29, 1.82) is 0 Å². The third-order valence-electron chi connectivity index (χ3n) is 2.33. The highest BCUT2D eigenvalue weighted by Crippen LogP contribution is 2.13. The molecule has 0 amide bonds. The monoisotopic (exact) mass is 270 g/mol. The van der Waals surface area contributed by atoms with E-state index in [-0.39, 0.29) is 5.97 Å². The Bertz CT molecular complexity index is 522. The molecule has 0 saturated carbocycles. The number of esters is 1. The van der Waals surface area contributed by atoms with Gasteiger partial charge in [-0.2, -0.15) is 0 Å². The first-order valence-corrected chi connectivity index (χ1v) is 6.91. The van der Waals surface area contributed by atoms with E-state index in [0.29, 0.717) is 5.57 Å². The maximum Gasteiger partial charge on any atom is 0.347 e. The van der Waals surface area contributed by atoms with E-state index in [0.717, 1.165) is 18.4 Å². The van der Waals surface area contributed by atoms with Crippen LogP contribution in [0.3, 0.4) is 0 Å². The van der Waals surface area contributed by atoms with E-state index in [1.54, 1.807) is 6.08 Å². The zero-order valence-electron chi connectivity index (χ0n) is 12.7. The minimum atomic E-state index is -0.515. The summed E-state index contributed by atoms with van der Waals surface area (Å²) < 4.78 is 5.39. The Labute approximate surface area is 121 Å². The van der Waals surface area contributed by atoms with Crippen LogP contribution in [-0.4, -0.2) is 11.6 Å². The van der Waals surface area contributed by atoms with Crippen LogP contribution in [0.2, 0.25) is 0 Å². The van der Waals surface area contributed by atoms with E-state index >= 15 is 0 Å². The van der Waals surface area contributed by atoms with Crippen molar-refractivity contribution in [3.05, 3.63) is 41.5 Å². The standard InChI is InChI=1S/C18H22O2/c1-5-6-8-13-16(17(19)20-18(2,3)4)14-15-11-9-7-10-12-15/h7,9-12,14H,5-6H2,1-4H3. The fourth-order valence-electron chi connectivity index (χ4n) is 1.48. The quantitative estimate of drug-likeness (QED) is 0.467. The minimum Gasteiger partial charge on any atom is -0.456 e. The summed E-state index contributed by atoms with van der Waals surface area (Å²) in [6.07, 6.45) is 3.52. The van der Waals surface area contributed by atoms with Crippen molar-refractivity contribution < 1.29 is 9.53 Å². The summed E-state index contributed by atoms with van der Waals surface area (Å²) in [6.45, 7) is 7.61. The van der Waals surface area contributed by atoms with Crippen molar-refractivity contribution in [2.24, 2.45) is 0 Å². The van der Waals surface area contributed by atoms with Crippen LogP contribution < -0.4 is 0 Å². The maximum absolute atomic E-state index is 12.2. The lowest BCUT2D eigenvalue weighted by Crippen LogP contribution is -2.24. The van der Waals surface area contributed by atoms with Gasteiger partial charge in [0.05, 0.1) is 0 Å². The minimum absolute atomic E-state index is 0.370. The van der Waals surface area contributed by atoms with Crippen molar-refractivity contribution in [1.82, 2.24) is 0 Å². The largest absolute Gasteiger partial charge is 0.456 e. The molecule has 1 rings (SSSR count). The van der Waals surface area contributed by atoms with Crippen molar-refractivity contribution in [2.75, 3.05) is 0 Å². The molecule has 0 aliphatic heterocycles. The van der Waals surface area contributed by atoms with Gasteiger partial charge in [0, 0.05) is 6.42 Å². The highest BCUT2D eigenvalue weighted by molar-refractivity contribution is 5.98. The molecule has 0 unspecified atom stereocenters. The van der Waals surface area contributed by atoms with Gasteiger partial charge in [-0.3, -0.25) is 0 Å². The zero-order valence-corrected chi connectivity index (χ0v) is 12.7. The number of carbonyl (C=O) groups is 1. The van der Waals surface area contributed by atoms with Crippen LogP contribution in [0, 0.1) is 11.8 Å². The van der Waals surface area contributed by atoms with Gasteiger partial charge in [-0.1, -0.05) is 49.1 Å². The fourth-order valence-corrected chi connectivity index (χ4v) is 1.48. The summed E-state index contributed by atoms with van der Waals surface area (Å²) >= 11 is 0. The Hall–Kier alpha value is -2.01. The van der Waals surface area contributed by atoms with Crippen LogP contribution in [0.4, 0.5) is 0 Å². The molecule has 0 atom stereocenters. The molecule has 1 aromatic rings. The molecule has 0 aromatic heterocycles. The molecule has 106 valence electrons. The Morgan fingerprint density at radius 2 is 1.90 bits per heavy atom. The number of benzene rings is 1. The molecule has 0 heterocycles. The number of hydrogen-bond acceptors (Lipinski definition) is 2. The van der Waals surface area contributed by atoms with Gasteiger partial charge in [0.2, 0.25) is 0 Å². The summed E-state index contributed by atoms with van der Waals surface area (Å²) in [7, 11) is 0. The van der Waals surface area contributed by atoms with E-state index in [9.17, 15) is 4.79 Å². The molecule has 2 heteroatoms. The molecule has 0 saturated heterocycles. The first-order valence-electron chi connectivity index (χ1n) is 6.91. The van der Waals surface area contributed by atoms with E-state index in [1.807, 2.05) is 51.1 Å². The first kappa shape index (κ1) is 16.0. The summed E-state index contributed by atoms with van der Waals surface area (Å²) in [5, 5.41) is 0. The van der Waals surface area contributed by atoms with Crippen LogP contribution in [-0.2, 0) is 9.53 Å². The van der Waals surface area contributed by atoms with Gasteiger partial charge in [-0.25, -0.2) is 4.79 Å². The molecular weight excluding hydrogens is 248 g/mol. The summed E-state index contributed by atoms with van der Waals surface area (Å²) in [4.78, 5) is 12.2. The number of ether oxygens (including phenoxy) is 1. The molecule has 0 fully saturated rings. The molecule has 0 spiro atoms. The van der Waals surface area contributed by atoms with E-state index in [2.05, 4.69) is 18.8 Å². The summed E-state index contributed by atoms with van der Waals surface area (Å²) in [6, 6.07) is 9.67. The SMILES string of the molecule is CCCC#CC(=Cc1ccccc1)C(=O)OC(C)(C)C. The summed E-state index contributed by atoms with van der Waals surface area (Å²) in [5.41, 5.74) is 0.831. The molecule has 0 aliphatic rings. The van der Waals surface area contributed by atoms with Crippen molar-refractivity contribution >= 4 is 12.0 Å². The van der Waals surface area contributed by atoms with E-state index < -0.39 is 5.60 Å². The van der Waals surface area contributed by atoms with Crippen molar-refractivity contribution in [2.45, 2.75) is 46.1 Å². The lowest BCUT2D eigenvalue weighted by Gasteiger charge is -2.19. The normalized spacial score (nSPS) is 11.5. The zero-order chi connectivity index (χ0) is 15.0. The van der Waals surface area contributed by atoms with Gasteiger partial charge in [-0.15, -0.1) is 0 Å². The van der Waals surface area contributed by atoms with Gasteiger partial charge >= 0.3 is 5.97 Å². The molecular formula is C18H22O2. The van der Waals surface area contributed by atoms with Gasteiger partial charge in [0.25, 0.3) is 0 Å². The second-order valence-electron chi connectivity index (χ2n) is 5.52. The average molecular weight is 270 g/mol. The number of unbranched alkanes of at least 4 members (excludes halogenated alkanes) is 1. The molecule has 1 aromatic carbocycles. The predicted molar refractivity (Wildman–Crippen MR) is 82.9 cm³/mol. The first-order chi connectivity index (χ1) is 9.42. The molecule has 0 radical (unpaired) electrons. The van der Waals surface area contributed by atoms with Gasteiger partial charge in [0.15, 0.2) is 0 Å². The maximum atomic E-state index is 12.2. The average Bonchev–Trinajstić information content (AvgIpc) is 2.37. The molecule has 20 heavy (non-hydrogen) atoms. The number of hydrogen-bond donors (Lipinski definition) is 0. The lowest BCUT2D eigenvalue weighted by atomic mass is 10.1. The molecule has 0 N–H and O–H groups in total. The smallest absolute Gasteiger partial charge is 0.347 e. The second-order valence-corrected chi connectivity index (χ2v) is 5.52. The molecule has 0 aliphatic carbocycles. The van der Waals surface area contributed by atoms with Gasteiger partial charge < -0.3 is 4.74 Å². The number of rotatable bonds is 3. The Morgan fingerprint density at radius 1 is 1.25 bits per heavy atom. The summed E-state index contributed by atoms with van der Waals surface area (Å²) in [5.74, 6) is 5.56. The third-order valence-corrected chi connectivity index (χ3v) is 2.33. The highest BCUT2D eigenvalue weighted by atomic mass is 16.6. The molecule has 0 bridgehead atoms. The van der Waals surface area contributed by atoms with Crippen LogP contribution in [0.25, 0.3) is 6.08 Å². The number of carbonyl (C=O) groups excluding carboxylic acids is 1. The predicted octanol–water partition coefficient (Wildman–Crippen LogP) is 4.22. The second kappa shape index (κ2) is 7.55. The van der Waals surface area contributed by atoms with Crippen LogP contribution in [0.15, 0.2) is 35.9 Å². The highest BCUT2D eigenvalue weighted by Gasteiger charge is 2.18. The van der Waals surface area contributed by atoms with Crippen LogP contribution >= 0.6 is 0 Å². The topological polar surface area (TPSA) is 26.3 Å². The Morgan fingerprint density at radius 3 is 2.45 bits per heavy atom. The fraction of sp³-hybridized carbons (Fsp3) is 0.389. The van der Waals surface area contributed by atoms with Crippen LogP contribution in [0.5, 0.6) is 0 Å². The Kier molecular flexibility index (Phi) is 6.06. The molecule has 2 nitrogen and oxygen atoms in total.